The van der Waals surface area contributed by atoms with E-state index in [4.69, 9.17) is 4.74 Å². The van der Waals surface area contributed by atoms with Crippen LogP contribution in [0.2, 0.25) is 0 Å². The van der Waals surface area contributed by atoms with Crippen LogP contribution in [-0.4, -0.2) is 5.11 Å². The summed E-state index contributed by atoms with van der Waals surface area (Å²) in [6, 6.07) is 15.3. The van der Waals surface area contributed by atoms with Crippen LogP contribution in [0.3, 0.4) is 0 Å². The molecule has 0 amide bonds. The smallest absolute Gasteiger partial charge is 0.134 e. The van der Waals surface area contributed by atoms with Gasteiger partial charge in [0, 0.05) is 6.07 Å². The largest absolute Gasteiger partial charge is 0.508 e. The Morgan fingerprint density at radius 2 is 1.65 bits per heavy atom. The van der Waals surface area contributed by atoms with Crippen molar-refractivity contribution in [3.8, 4) is 17.2 Å². The molecule has 0 spiro atoms. The number of benzene rings is 2. The molecule has 0 radical (unpaired) electrons. The lowest BCUT2D eigenvalue weighted by molar-refractivity contribution is 0.413. The molecule has 1 saturated carbocycles. The molecule has 0 bridgehead atoms. The molecular weight excluding hydrogens is 248 g/mol. The Hall–Kier alpha value is -1.96. The first-order valence-electron chi connectivity index (χ1n) is 7.39. The molecule has 2 aromatic rings. The Kier molecular flexibility index (Phi) is 3.91. The fraction of sp³-hybridized carbons (Fsp3) is 0.333. The third-order valence-corrected chi connectivity index (χ3v) is 4.01. The molecule has 1 N–H and O–H groups in total. The number of rotatable bonds is 3. The van der Waals surface area contributed by atoms with Crippen molar-refractivity contribution in [3.63, 3.8) is 0 Å². The Morgan fingerprint density at radius 1 is 0.900 bits per heavy atom. The molecule has 1 aliphatic rings. The first kappa shape index (κ1) is 13.0. The second kappa shape index (κ2) is 6.00. The predicted molar refractivity (Wildman–Crippen MR) is 80.4 cm³/mol. The summed E-state index contributed by atoms with van der Waals surface area (Å²) in [4.78, 5) is 0. The summed E-state index contributed by atoms with van der Waals surface area (Å²) in [6.45, 7) is 0. The molecule has 0 atom stereocenters. The van der Waals surface area contributed by atoms with Gasteiger partial charge in [-0.15, -0.1) is 0 Å². The molecule has 2 heteroatoms. The van der Waals surface area contributed by atoms with Gasteiger partial charge in [0.1, 0.15) is 17.2 Å². The van der Waals surface area contributed by atoms with Gasteiger partial charge in [0.25, 0.3) is 0 Å². The summed E-state index contributed by atoms with van der Waals surface area (Å²) in [5.41, 5.74) is 1.23. The maximum atomic E-state index is 9.73. The highest BCUT2D eigenvalue weighted by Gasteiger charge is 2.20. The second-order valence-corrected chi connectivity index (χ2v) is 5.47. The lowest BCUT2D eigenvalue weighted by Crippen LogP contribution is -2.05. The van der Waals surface area contributed by atoms with Crippen LogP contribution in [-0.2, 0) is 0 Å². The first-order valence-corrected chi connectivity index (χ1v) is 7.39. The molecule has 2 aromatic carbocycles. The molecule has 0 heterocycles. The number of phenols is 1. The Labute approximate surface area is 120 Å². The lowest BCUT2D eigenvalue weighted by atomic mass is 9.83. The van der Waals surface area contributed by atoms with E-state index >= 15 is 0 Å². The van der Waals surface area contributed by atoms with Crippen LogP contribution in [0.4, 0.5) is 0 Å². The van der Waals surface area contributed by atoms with Gasteiger partial charge in [-0.2, -0.15) is 0 Å². The summed E-state index contributed by atoms with van der Waals surface area (Å²) >= 11 is 0. The van der Waals surface area contributed by atoms with Crippen LogP contribution >= 0.6 is 0 Å². The van der Waals surface area contributed by atoms with Gasteiger partial charge < -0.3 is 9.84 Å². The number of para-hydroxylation sites is 1. The van der Waals surface area contributed by atoms with E-state index in [0.717, 1.165) is 11.5 Å². The first-order chi connectivity index (χ1) is 9.83. The predicted octanol–water partition coefficient (Wildman–Crippen LogP) is 5.23. The van der Waals surface area contributed by atoms with Crippen molar-refractivity contribution in [3.05, 3.63) is 54.1 Å². The number of hydrogen-bond donors (Lipinski definition) is 1. The summed E-state index contributed by atoms with van der Waals surface area (Å²) in [5.74, 6) is 2.43. The van der Waals surface area contributed by atoms with Crippen molar-refractivity contribution in [1.29, 1.82) is 0 Å². The number of ether oxygens (including phenoxy) is 1. The van der Waals surface area contributed by atoms with E-state index in [1.165, 1.54) is 37.7 Å². The van der Waals surface area contributed by atoms with E-state index in [-0.39, 0.29) is 5.75 Å². The maximum Gasteiger partial charge on any atom is 0.134 e. The van der Waals surface area contributed by atoms with E-state index in [1.807, 2.05) is 36.4 Å². The number of hydrogen-bond acceptors (Lipinski definition) is 2. The maximum absolute atomic E-state index is 9.73. The standard InChI is InChI=1S/C18H20O2/c19-15-11-12-17(14-7-3-1-4-8-14)18(13-15)20-16-9-5-2-6-10-16/h2,5-6,9-14,19H,1,3-4,7-8H2. The van der Waals surface area contributed by atoms with E-state index in [9.17, 15) is 5.11 Å². The molecule has 3 rings (SSSR count). The minimum Gasteiger partial charge on any atom is -0.508 e. The van der Waals surface area contributed by atoms with Crippen molar-refractivity contribution < 1.29 is 9.84 Å². The van der Waals surface area contributed by atoms with Crippen LogP contribution < -0.4 is 4.74 Å². The Balaban J connectivity index is 1.89. The molecule has 0 unspecified atom stereocenters. The average molecular weight is 268 g/mol. The topological polar surface area (TPSA) is 29.5 Å². The van der Waals surface area contributed by atoms with Gasteiger partial charge >= 0.3 is 0 Å². The zero-order valence-electron chi connectivity index (χ0n) is 11.6. The van der Waals surface area contributed by atoms with Gasteiger partial charge in [0.2, 0.25) is 0 Å². The van der Waals surface area contributed by atoms with Crippen molar-refractivity contribution in [2.24, 2.45) is 0 Å². The molecule has 1 fully saturated rings. The molecular formula is C18H20O2. The highest BCUT2D eigenvalue weighted by Crippen LogP contribution is 2.40. The van der Waals surface area contributed by atoms with Crippen LogP contribution in [0, 0.1) is 0 Å². The fourth-order valence-electron chi connectivity index (χ4n) is 2.98. The summed E-state index contributed by atoms with van der Waals surface area (Å²) in [7, 11) is 0. The highest BCUT2D eigenvalue weighted by molar-refractivity contribution is 5.44. The van der Waals surface area contributed by atoms with Crippen molar-refractivity contribution in [2.75, 3.05) is 0 Å². The van der Waals surface area contributed by atoms with E-state index in [2.05, 4.69) is 0 Å². The molecule has 2 nitrogen and oxygen atoms in total. The monoisotopic (exact) mass is 268 g/mol. The Bertz CT molecular complexity index is 557. The minimum atomic E-state index is 0.260. The van der Waals surface area contributed by atoms with E-state index in [1.54, 1.807) is 12.1 Å². The van der Waals surface area contributed by atoms with Gasteiger partial charge in [-0.05, 0) is 42.5 Å². The fourth-order valence-corrected chi connectivity index (χ4v) is 2.98. The summed E-state index contributed by atoms with van der Waals surface area (Å²) in [6.07, 6.45) is 6.35. The molecule has 1 aliphatic carbocycles. The zero-order valence-corrected chi connectivity index (χ0v) is 11.6. The second-order valence-electron chi connectivity index (χ2n) is 5.47. The average Bonchev–Trinajstić information content (AvgIpc) is 2.49. The van der Waals surface area contributed by atoms with Gasteiger partial charge in [0.15, 0.2) is 0 Å². The summed E-state index contributed by atoms with van der Waals surface area (Å²) < 4.78 is 5.98. The molecule has 0 aromatic heterocycles. The van der Waals surface area contributed by atoms with Gasteiger partial charge in [-0.3, -0.25) is 0 Å². The lowest BCUT2D eigenvalue weighted by Gasteiger charge is -2.24. The van der Waals surface area contributed by atoms with Crippen molar-refractivity contribution in [1.82, 2.24) is 0 Å². The Morgan fingerprint density at radius 3 is 2.40 bits per heavy atom. The molecule has 20 heavy (non-hydrogen) atoms. The van der Waals surface area contributed by atoms with Crippen molar-refractivity contribution in [2.45, 2.75) is 38.0 Å². The van der Waals surface area contributed by atoms with Crippen LogP contribution in [0.25, 0.3) is 0 Å². The van der Waals surface area contributed by atoms with Gasteiger partial charge in [-0.1, -0.05) is 43.5 Å². The highest BCUT2D eigenvalue weighted by atomic mass is 16.5. The molecule has 104 valence electrons. The quantitative estimate of drug-likeness (QED) is 0.825. The SMILES string of the molecule is Oc1ccc(C2CCCCC2)c(Oc2ccccc2)c1. The molecule has 0 aliphatic heterocycles. The third-order valence-electron chi connectivity index (χ3n) is 4.01. The van der Waals surface area contributed by atoms with Crippen LogP contribution in [0.1, 0.15) is 43.6 Å². The third kappa shape index (κ3) is 2.96. The van der Waals surface area contributed by atoms with Gasteiger partial charge in [0.05, 0.1) is 0 Å². The summed E-state index contributed by atoms with van der Waals surface area (Å²) in [5, 5.41) is 9.73. The van der Waals surface area contributed by atoms with Crippen LogP contribution in [0.5, 0.6) is 17.2 Å². The zero-order chi connectivity index (χ0) is 13.8. The minimum absolute atomic E-state index is 0.260. The number of phenolic OH excluding ortho intramolecular Hbond substituents is 1. The van der Waals surface area contributed by atoms with E-state index < -0.39 is 0 Å². The van der Waals surface area contributed by atoms with Crippen LogP contribution in [0.15, 0.2) is 48.5 Å². The normalized spacial score (nSPS) is 16.0. The number of aromatic hydroxyl groups is 1. The van der Waals surface area contributed by atoms with Gasteiger partial charge in [-0.25, -0.2) is 0 Å². The van der Waals surface area contributed by atoms with Crippen molar-refractivity contribution >= 4 is 0 Å². The molecule has 0 saturated heterocycles. The van der Waals surface area contributed by atoms with E-state index in [0.29, 0.717) is 5.92 Å².